The predicted octanol–water partition coefficient (Wildman–Crippen LogP) is 2.04. The maximum absolute atomic E-state index is 12.9. The summed E-state index contributed by atoms with van der Waals surface area (Å²) in [6.07, 6.45) is 1.07. The van der Waals surface area contributed by atoms with Crippen molar-refractivity contribution in [3.05, 3.63) is 29.6 Å². The summed E-state index contributed by atoms with van der Waals surface area (Å²) in [7, 11) is 0. The Balaban J connectivity index is 2.40. The van der Waals surface area contributed by atoms with Crippen LogP contribution in [0.4, 0.5) is 4.39 Å². The van der Waals surface area contributed by atoms with Gasteiger partial charge in [-0.15, -0.1) is 0 Å². The van der Waals surface area contributed by atoms with Gasteiger partial charge in [0.05, 0.1) is 6.61 Å². The minimum Gasteiger partial charge on any atom is -0.493 e. The third-order valence-electron chi connectivity index (χ3n) is 2.11. The molecule has 0 aliphatic heterocycles. The Labute approximate surface area is 93.5 Å². The highest BCUT2D eigenvalue weighted by Crippen LogP contribution is 2.18. The molecule has 0 bridgehead atoms. The number of ether oxygens (including phenoxy) is 1. The van der Waals surface area contributed by atoms with E-state index in [1.807, 2.05) is 6.92 Å². The first-order chi connectivity index (χ1) is 7.63. The van der Waals surface area contributed by atoms with E-state index < -0.39 is 0 Å². The topological polar surface area (TPSA) is 67.8 Å². The fourth-order valence-electron chi connectivity index (χ4n) is 1.21. The molecule has 1 rings (SSSR count). The van der Waals surface area contributed by atoms with Crippen LogP contribution in [-0.4, -0.2) is 17.6 Å². The Morgan fingerprint density at radius 2 is 2.31 bits per heavy atom. The van der Waals surface area contributed by atoms with Crippen molar-refractivity contribution < 1.29 is 14.3 Å². The number of aryl methyl sites for hydroxylation is 1. The van der Waals surface area contributed by atoms with Gasteiger partial charge in [-0.2, -0.15) is 0 Å². The van der Waals surface area contributed by atoms with Gasteiger partial charge in [0.2, 0.25) is 0 Å². The van der Waals surface area contributed by atoms with Crippen molar-refractivity contribution in [3.8, 4) is 5.75 Å². The average Bonchev–Trinajstić information content (AvgIpc) is 2.28. The van der Waals surface area contributed by atoms with Crippen molar-refractivity contribution >= 4 is 5.84 Å². The van der Waals surface area contributed by atoms with Gasteiger partial charge >= 0.3 is 0 Å². The van der Waals surface area contributed by atoms with E-state index in [1.54, 1.807) is 6.07 Å². The van der Waals surface area contributed by atoms with Crippen LogP contribution in [0.1, 0.15) is 18.4 Å². The lowest BCUT2D eigenvalue weighted by atomic mass is 10.2. The number of halogens is 1. The highest BCUT2D eigenvalue weighted by atomic mass is 19.1. The zero-order valence-electron chi connectivity index (χ0n) is 9.11. The van der Waals surface area contributed by atoms with Gasteiger partial charge in [0.1, 0.15) is 17.4 Å². The molecule has 0 unspecified atom stereocenters. The molecular weight excluding hydrogens is 211 g/mol. The average molecular weight is 226 g/mol. The van der Waals surface area contributed by atoms with Gasteiger partial charge in [-0.3, -0.25) is 0 Å². The van der Waals surface area contributed by atoms with E-state index in [1.165, 1.54) is 12.1 Å². The SMILES string of the molecule is Cc1ccc(F)cc1OCCC/C(N)=N/O. The summed E-state index contributed by atoms with van der Waals surface area (Å²) in [5, 5.41) is 11.1. The molecular formula is C11H15FN2O2. The molecule has 5 heteroatoms. The lowest BCUT2D eigenvalue weighted by Gasteiger charge is -2.08. The van der Waals surface area contributed by atoms with Crippen LogP contribution >= 0.6 is 0 Å². The molecule has 0 aromatic heterocycles. The first-order valence-electron chi connectivity index (χ1n) is 4.99. The fourth-order valence-corrected chi connectivity index (χ4v) is 1.21. The monoisotopic (exact) mass is 226 g/mol. The molecule has 0 spiro atoms. The van der Waals surface area contributed by atoms with Gasteiger partial charge in [0.25, 0.3) is 0 Å². The molecule has 0 radical (unpaired) electrons. The number of benzene rings is 1. The van der Waals surface area contributed by atoms with E-state index in [2.05, 4.69) is 5.16 Å². The number of hydrogen-bond acceptors (Lipinski definition) is 3. The van der Waals surface area contributed by atoms with Crippen LogP contribution in [-0.2, 0) is 0 Å². The van der Waals surface area contributed by atoms with E-state index in [9.17, 15) is 4.39 Å². The number of oxime groups is 1. The normalized spacial score (nSPS) is 11.5. The fraction of sp³-hybridized carbons (Fsp3) is 0.364. The van der Waals surface area contributed by atoms with Crippen LogP contribution in [0.2, 0.25) is 0 Å². The molecule has 4 nitrogen and oxygen atoms in total. The summed E-state index contributed by atoms with van der Waals surface area (Å²) in [4.78, 5) is 0. The van der Waals surface area contributed by atoms with Gasteiger partial charge in [-0.1, -0.05) is 11.2 Å². The van der Waals surface area contributed by atoms with E-state index in [0.29, 0.717) is 25.2 Å². The lowest BCUT2D eigenvalue weighted by Crippen LogP contribution is -2.12. The molecule has 0 heterocycles. The molecule has 0 atom stereocenters. The molecule has 0 saturated heterocycles. The van der Waals surface area contributed by atoms with Crippen LogP contribution in [0.25, 0.3) is 0 Å². The van der Waals surface area contributed by atoms with Gasteiger partial charge in [-0.25, -0.2) is 4.39 Å². The van der Waals surface area contributed by atoms with E-state index in [0.717, 1.165) is 5.56 Å². The van der Waals surface area contributed by atoms with Crippen molar-refractivity contribution in [2.45, 2.75) is 19.8 Å². The van der Waals surface area contributed by atoms with E-state index in [4.69, 9.17) is 15.7 Å². The Bertz CT molecular complexity index is 380. The zero-order valence-corrected chi connectivity index (χ0v) is 9.11. The van der Waals surface area contributed by atoms with Crippen LogP contribution in [0, 0.1) is 12.7 Å². The molecule has 0 saturated carbocycles. The number of nitrogens with two attached hydrogens (primary N) is 1. The van der Waals surface area contributed by atoms with Gasteiger partial charge in [0, 0.05) is 12.5 Å². The molecule has 0 aliphatic rings. The van der Waals surface area contributed by atoms with Gasteiger partial charge in [-0.05, 0) is 25.0 Å². The Morgan fingerprint density at radius 3 is 3.00 bits per heavy atom. The first kappa shape index (κ1) is 12.3. The molecule has 0 aliphatic carbocycles. The summed E-state index contributed by atoms with van der Waals surface area (Å²) in [5.41, 5.74) is 6.17. The molecule has 88 valence electrons. The minimum absolute atomic E-state index is 0.166. The van der Waals surface area contributed by atoms with Gasteiger partial charge < -0.3 is 15.7 Å². The smallest absolute Gasteiger partial charge is 0.139 e. The summed E-state index contributed by atoms with van der Waals surface area (Å²) in [5.74, 6) is 0.371. The molecule has 0 fully saturated rings. The molecule has 3 N–H and O–H groups in total. The van der Waals surface area contributed by atoms with Crippen LogP contribution < -0.4 is 10.5 Å². The third-order valence-corrected chi connectivity index (χ3v) is 2.11. The van der Waals surface area contributed by atoms with E-state index in [-0.39, 0.29) is 11.7 Å². The lowest BCUT2D eigenvalue weighted by molar-refractivity contribution is 0.303. The van der Waals surface area contributed by atoms with Crippen molar-refractivity contribution in [2.24, 2.45) is 10.9 Å². The highest BCUT2D eigenvalue weighted by molar-refractivity contribution is 5.79. The summed E-state index contributed by atoms with van der Waals surface area (Å²) in [6, 6.07) is 4.39. The molecule has 16 heavy (non-hydrogen) atoms. The maximum Gasteiger partial charge on any atom is 0.139 e. The number of amidine groups is 1. The highest BCUT2D eigenvalue weighted by Gasteiger charge is 2.01. The van der Waals surface area contributed by atoms with Gasteiger partial charge in [0.15, 0.2) is 0 Å². The number of rotatable bonds is 5. The van der Waals surface area contributed by atoms with Crippen molar-refractivity contribution in [1.82, 2.24) is 0 Å². The van der Waals surface area contributed by atoms with Crippen molar-refractivity contribution in [3.63, 3.8) is 0 Å². The molecule has 0 amide bonds. The zero-order chi connectivity index (χ0) is 12.0. The number of hydrogen-bond donors (Lipinski definition) is 2. The Kier molecular flexibility index (Phi) is 4.57. The van der Waals surface area contributed by atoms with Crippen LogP contribution in [0.15, 0.2) is 23.4 Å². The van der Waals surface area contributed by atoms with Crippen molar-refractivity contribution in [2.75, 3.05) is 6.61 Å². The van der Waals surface area contributed by atoms with Crippen molar-refractivity contribution in [1.29, 1.82) is 0 Å². The summed E-state index contributed by atoms with van der Waals surface area (Å²) in [6.45, 7) is 2.25. The largest absolute Gasteiger partial charge is 0.493 e. The van der Waals surface area contributed by atoms with E-state index >= 15 is 0 Å². The second-order valence-corrected chi connectivity index (χ2v) is 3.45. The maximum atomic E-state index is 12.9. The Hall–Kier alpha value is -1.78. The van der Waals surface area contributed by atoms with Crippen LogP contribution in [0.5, 0.6) is 5.75 Å². The Morgan fingerprint density at radius 1 is 1.56 bits per heavy atom. The number of nitrogens with zero attached hydrogens (tertiary/aromatic N) is 1. The first-order valence-corrected chi connectivity index (χ1v) is 4.99. The predicted molar refractivity (Wildman–Crippen MR) is 59.3 cm³/mol. The summed E-state index contributed by atoms with van der Waals surface area (Å²) >= 11 is 0. The summed E-state index contributed by atoms with van der Waals surface area (Å²) < 4.78 is 18.3. The van der Waals surface area contributed by atoms with Crippen LogP contribution in [0.3, 0.4) is 0 Å². The molecule has 1 aromatic rings. The minimum atomic E-state index is -0.322. The third kappa shape index (κ3) is 3.76. The second kappa shape index (κ2) is 5.95. The molecule has 1 aromatic carbocycles. The standard InChI is InChI=1S/C11H15FN2O2/c1-8-4-5-9(12)7-10(8)16-6-2-3-11(13)14-15/h4-5,7,15H,2-3,6H2,1H3,(H2,13,14). The quantitative estimate of drug-likeness (QED) is 0.265. The second-order valence-electron chi connectivity index (χ2n) is 3.45.